The molecule has 1 aliphatic carbocycles. The van der Waals surface area contributed by atoms with E-state index in [2.05, 4.69) is 5.32 Å². The van der Waals surface area contributed by atoms with Crippen molar-refractivity contribution >= 4 is 11.8 Å². The van der Waals surface area contributed by atoms with Crippen molar-refractivity contribution in [1.29, 1.82) is 0 Å². The minimum Gasteiger partial charge on any atom is -0.317 e. The van der Waals surface area contributed by atoms with Crippen LogP contribution in [0, 0.1) is 0 Å². The molecular formula is C13H20N2O2. The van der Waals surface area contributed by atoms with Gasteiger partial charge in [-0.1, -0.05) is 0 Å². The quantitative estimate of drug-likeness (QED) is 0.733. The van der Waals surface area contributed by atoms with Crippen molar-refractivity contribution in [3.8, 4) is 0 Å². The van der Waals surface area contributed by atoms with E-state index in [0.29, 0.717) is 17.2 Å². The van der Waals surface area contributed by atoms with Crippen molar-refractivity contribution in [2.24, 2.45) is 0 Å². The molecule has 0 spiro atoms. The number of nitrogens with zero attached hydrogens (tertiary/aromatic N) is 1. The van der Waals surface area contributed by atoms with Crippen molar-refractivity contribution in [1.82, 2.24) is 10.2 Å². The van der Waals surface area contributed by atoms with Gasteiger partial charge in [-0.2, -0.15) is 0 Å². The number of carbonyl (C=O) groups is 2. The van der Waals surface area contributed by atoms with Crippen LogP contribution in [0.25, 0.3) is 0 Å². The van der Waals surface area contributed by atoms with Crippen LogP contribution in [-0.2, 0) is 9.59 Å². The first-order chi connectivity index (χ1) is 8.06. The first-order valence-corrected chi connectivity index (χ1v) is 6.29. The molecule has 0 aromatic rings. The van der Waals surface area contributed by atoms with Crippen LogP contribution in [-0.4, -0.2) is 35.8 Å². The number of hydrogen-bond acceptors (Lipinski definition) is 3. The van der Waals surface area contributed by atoms with Gasteiger partial charge in [0.1, 0.15) is 0 Å². The van der Waals surface area contributed by atoms with Crippen molar-refractivity contribution < 1.29 is 9.59 Å². The standard InChI is InChI=1S/C13H20N2O2/c1-8-9(2)13(17)15(12(8)16)11-6-4-10(14-3)5-7-11/h10-11,14H,4-7H2,1-3H3. The van der Waals surface area contributed by atoms with Crippen molar-refractivity contribution in [3.63, 3.8) is 0 Å². The molecule has 0 atom stereocenters. The molecule has 2 amide bonds. The first kappa shape index (κ1) is 12.3. The summed E-state index contributed by atoms with van der Waals surface area (Å²) in [5.74, 6) is -0.166. The lowest BCUT2D eigenvalue weighted by Gasteiger charge is -2.33. The van der Waals surface area contributed by atoms with Crippen LogP contribution in [0.5, 0.6) is 0 Å². The molecule has 1 fully saturated rings. The molecule has 0 aromatic carbocycles. The summed E-state index contributed by atoms with van der Waals surface area (Å²) < 4.78 is 0. The Bertz CT molecular complexity index is 355. The van der Waals surface area contributed by atoms with Gasteiger partial charge in [-0.05, 0) is 46.6 Å². The van der Waals surface area contributed by atoms with Gasteiger partial charge in [0, 0.05) is 23.2 Å². The molecule has 0 aromatic heterocycles. The van der Waals surface area contributed by atoms with Gasteiger partial charge in [-0.25, -0.2) is 0 Å². The number of carbonyl (C=O) groups excluding carboxylic acids is 2. The summed E-state index contributed by atoms with van der Waals surface area (Å²) in [7, 11) is 1.97. The van der Waals surface area contributed by atoms with E-state index in [-0.39, 0.29) is 17.9 Å². The largest absolute Gasteiger partial charge is 0.317 e. The Kier molecular flexibility index (Phi) is 3.33. The predicted molar refractivity (Wildman–Crippen MR) is 65.3 cm³/mol. The van der Waals surface area contributed by atoms with Gasteiger partial charge in [0.15, 0.2) is 0 Å². The zero-order valence-electron chi connectivity index (χ0n) is 10.7. The van der Waals surface area contributed by atoms with Gasteiger partial charge in [0.25, 0.3) is 11.8 Å². The molecule has 1 aliphatic heterocycles. The normalized spacial score (nSPS) is 30.4. The fourth-order valence-electron chi connectivity index (χ4n) is 2.73. The molecule has 0 saturated heterocycles. The molecule has 1 heterocycles. The lowest BCUT2D eigenvalue weighted by molar-refractivity contribution is -0.141. The van der Waals surface area contributed by atoms with Crippen LogP contribution in [0.15, 0.2) is 11.1 Å². The van der Waals surface area contributed by atoms with Gasteiger partial charge < -0.3 is 5.32 Å². The van der Waals surface area contributed by atoms with E-state index in [0.717, 1.165) is 25.7 Å². The molecular weight excluding hydrogens is 216 g/mol. The van der Waals surface area contributed by atoms with Crippen molar-refractivity contribution in [2.75, 3.05) is 7.05 Å². The molecule has 94 valence electrons. The van der Waals surface area contributed by atoms with Crippen LogP contribution >= 0.6 is 0 Å². The van der Waals surface area contributed by atoms with E-state index in [9.17, 15) is 9.59 Å². The highest BCUT2D eigenvalue weighted by Gasteiger charge is 2.39. The third-order valence-electron chi connectivity index (χ3n) is 4.11. The Morgan fingerprint density at radius 2 is 1.47 bits per heavy atom. The summed E-state index contributed by atoms with van der Waals surface area (Å²) in [6.07, 6.45) is 3.92. The van der Waals surface area contributed by atoms with Gasteiger partial charge in [-0.3, -0.25) is 14.5 Å². The van der Waals surface area contributed by atoms with E-state index < -0.39 is 0 Å². The van der Waals surface area contributed by atoms with Crippen LogP contribution in [0.3, 0.4) is 0 Å². The first-order valence-electron chi connectivity index (χ1n) is 6.29. The van der Waals surface area contributed by atoms with E-state index in [1.165, 1.54) is 4.90 Å². The highest BCUT2D eigenvalue weighted by atomic mass is 16.2. The second kappa shape index (κ2) is 4.61. The minimum absolute atomic E-state index is 0.0830. The molecule has 17 heavy (non-hydrogen) atoms. The smallest absolute Gasteiger partial charge is 0.257 e. The Labute approximate surface area is 102 Å². The number of nitrogens with one attached hydrogen (secondary N) is 1. The fraction of sp³-hybridized carbons (Fsp3) is 0.692. The van der Waals surface area contributed by atoms with Gasteiger partial charge in [0.2, 0.25) is 0 Å². The van der Waals surface area contributed by atoms with E-state index in [1.807, 2.05) is 7.05 Å². The number of amides is 2. The highest BCUT2D eigenvalue weighted by Crippen LogP contribution is 2.29. The summed E-state index contributed by atoms with van der Waals surface area (Å²) in [6.45, 7) is 3.49. The van der Waals surface area contributed by atoms with Crippen molar-refractivity contribution in [3.05, 3.63) is 11.1 Å². The topological polar surface area (TPSA) is 49.4 Å². The zero-order valence-corrected chi connectivity index (χ0v) is 10.7. The predicted octanol–water partition coefficient (Wildman–Crippen LogP) is 1.22. The Hall–Kier alpha value is -1.16. The van der Waals surface area contributed by atoms with Crippen LogP contribution in [0.2, 0.25) is 0 Å². The maximum atomic E-state index is 12.0. The van der Waals surface area contributed by atoms with E-state index >= 15 is 0 Å². The fourth-order valence-corrected chi connectivity index (χ4v) is 2.73. The molecule has 2 aliphatic rings. The summed E-state index contributed by atoms with van der Waals surface area (Å²) in [4.78, 5) is 25.5. The summed E-state index contributed by atoms with van der Waals surface area (Å²) >= 11 is 0. The minimum atomic E-state index is -0.0830. The summed E-state index contributed by atoms with van der Waals surface area (Å²) in [5, 5.41) is 3.26. The van der Waals surface area contributed by atoms with Gasteiger partial charge >= 0.3 is 0 Å². The van der Waals surface area contributed by atoms with E-state index in [4.69, 9.17) is 0 Å². The maximum absolute atomic E-state index is 12.0. The lowest BCUT2D eigenvalue weighted by atomic mass is 9.90. The molecule has 0 radical (unpaired) electrons. The summed E-state index contributed by atoms with van der Waals surface area (Å²) in [5.41, 5.74) is 1.23. The lowest BCUT2D eigenvalue weighted by Crippen LogP contribution is -2.45. The van der Waals surface area contributed by atoms with Gasteiger partial charge in [-0.15, -0.1) is 0 Å². The van der Waals surface area contributed by atoms with Crippen LogP contribution < -0.4 is 5.32 Å². The van der Waals surface area contributed by atoms with Crippen LogP contribution in [0.4, 0.5) is 0 Å². The van der Waals surface area contributed by atoms with Crippen molar-refractivity contribution in [2.45, 2.75) is 51.6 Å². The molecule has 1 N–H and O–H groups in total. The Balaban J connectivity index is 2.06. The SMILES string of the molecule is CNC1CCC(N2C(=O)C(C)=C(C)C2=O)CC1. The maximum Gasteiger partial charge on any atom is 0.257 e. The zero-order chi connectivity index (χ0) is 12.6. The highest BCUT2D eigenvalue weighted by molar-refractivity contribution is 6.18. The Morgan fingerprint density at radius 3 is 1.88 bits per heavy atom. The molecule has 4 heteroatoms. The molecule has 4 nitrogen and oxygen atoms in total. The number of rotatable bonds is 2. The molecule has 1 saturated carbocycles. The number of imide groups is 1. The summed E-state index contributed by atoms with van der Waals surface area (Å²) in [6, 6.07) is 0.640. The number of hydrogen-bond donors (Lipinski definition) is 1. The third kappa shape index (κ3) is 2.02. The monoisotopic (exact) mass is 236 g/mol. The molecule has 0 bridgehead atoms. The second-order valence-electron chi connectivity index (χ2n) is 5.02. The van der Waals surface area contributed by atoms with Gasteiger partial charge in [0.05, 0.1) is 0 Å². The third-order valence-corrected chi connectivity index (χ3v) is 4.11. The Morgan fingerprint density at radius 1 is 1.00 bits per heavy atom. The average molecular weight is 236 g/mol. The average Bonchev–Trinajstić information content (AvgIpc) is 2.54. The molecule has 0 unspecified atom stereocenters. The molecule has 2 rings (SSSR count). The van der Waals surface area contributed by atoms with E-state index in [1.54, 1.807) is 13.8 Å². The van der Waals surface area contributed by atoms with Crippen LogP contribution in [0.1, 0.15) is 39.5 Å². The second-order valence-corrected chi connectivity index (χ2v) is 5.02.